The second-order valence-electron chi connectivity index (χ2n) is 14.3. The van der Waals surface area contributed by atoms with Crippen LogP contribution < -0.4 is 10.6 Å². The molecule has 0 spiro atoms. The molecule has 0 aromatic heterocycles. The summed E-state index contributed by atoms with van der Waals surface area (Å²) in [6.07, 6.45) is 39.9. The van der Waals surface area contributed by atoms with Gasteiger partial charge in [-0.25, -0.2) is 0 Å². The molecule has 8 nitrogen and oxygen atoms in total. The summed E-state index contributed by atoms with van der Waals surface area (Å²) in [5.74, 6) is -1.96. The minimum absolute atomic E-state index is 0.0798. The van der Waals surface area contributed by atoms with Gasteiger partial charge in [-0.05, 0) is 64.2 Å². The summed E-state index contributed by atoms with van der Waals surface area (Å²) in [5.41, 5.74) is 0. The second-order valence-corrected chi connectivity index (χ2v) is 14.3. The van der Waals surface area contributed by atoms with E-state index in [0.717, 1.165) is 64.2 Å². The smallest absolute Gasteiger partial charge is 0.306 e. The number of carbonyl (C=O) groups excluding carboxylic acids is 3. The van der Waals surface area contributed by atoms with Gasteiger partial charge in [-0.1, -0.05) is 141 Å². The first kappa shape index (κ1) is 48.4. The van der Waals surface area contributed by atoms with E-state index < -0.39 is 18.0 Å². The topological polar surface area (TPSA) is 122 Å². The molecule has 0 aliphatic carbocycles. The lowest BCUT2D eigenvalue weighted by molar-refractivity contribution is -0.152. The van der Waals surface area contributed by atoms with E-state index in [1.807, 2.05) is 0 Å². The summed E-state index contributed by atoms with van der Waals surface area (Å²) in [6.45, 7) is 4.66. The van der Waals surface area contributed by atoms with Crippen LogP contribution in [-0.2, 0) is 23.9 Å². The highest BCUT2D eigenvalue weighted by Crippen LogP contribution is 2.12. The lowest BCUT2D eigenvalue weighted by Gasteiger charge is -2.19. The first-order valence-corrected chi connectivity index (χ1v) is 21.1. The van der Waals surface area contributed by atoms with Crippen LogP contribution in [0.15, 0.2) is 24.3 Å². The Labute approximate surface area is 312 Å². The van der Waals surface area contributed by atoms with Gasteiger partial charge in [-0.2, -0.15) is 0 Å². The molecule has 0 aromatic carbocycles. The average molecular weight is 719 g/mol. The van der Waals surface area contributed by atoms with E-state index in [1.54, 1.807) is 0 Å². The molecule has 51 heavy (non-hydrogen) atoms. The number of carbonyl (C=O) groups is 4. The number of unbranched alkanes of at least 4 members (excludes halogenated alkanes) is 22. The maximum absolute atomic E-state index is 12.5. The van der Waals surface area contributed by atoms with Gasteiger partial charge < -0.3 is 20.5 Å². The molecule has 0 saturated heterocycles. The minimum Gasteiger partial charge on any atom is -0.481 e. The predicted molar refractivity (Wildman–Crippen MR) is 212 cm³/mol. The number of hydrogen-bond acceptors (Lipinski definition) is 5. The van der Waals surface area contributed by atoms with Crippen LogP contribution in [0.3, 0.4) is 0 Å². The number of carboxylic acids is 1. The van der Waals surface area contributed by atoms with Crippen LogP contribution in [0.5, 0.6) is 0 Å². The first-order chi connectivity index (χ1) is 24.9. The molecule has 0 radical (unpaired) electrons. The zero-order chi connectivity index (χ0) is 37.5. The van der Waals surface area contributed by atoms with Crippen molar-refractivity contribution in [2.75, 3.05) is 13.1 Å². The molecule has 0 unspecified atom stereocenters. The molecular weight excluding hydrogens is 640 g/mol. The number of hydrogen-bond donors (Lipinski definition) is 3. The number of allylic oxidation sites excluding steroid dienone is 4. The molecule has 0 aliphatic heterocycles. The summed E-state index contributed by atoms with van der Waals surface area (Å²) in [7, 11) is 0. The largest absolute Gasteiger partial charge is 0.481 e. The summed E-state index contributed by atoms with van der Waals surface area (Å²) >= 11 is 0. The van der Waals surface area contributed by atoms with E-state index in [2.05, 4.69) is 48.8 Å². The molecule has 0 aromatic rings. The van der Waals surface area contributed by atoms with Crippen LogP contribution >= 0.6 is 0 Å². The van der Waals surface area contributed by atoms with Crippen LogP contribution in [0.25, 0.3) is 0 Å². The number of ether oxygens (including phenoxy) is 1. The van der Waals surface area contributed by atoms with Crippen molar-refractivity contribution in [1.82, 2.24) is 10.6 Å². The van der Waals surface area contributed by atoms with E-state index in [1.165, 1.54) is 103 Å². The molecule has 296 valence electrons. The van der Waals surface area contributed by atoms with Crippen molar-refractivity contribution in [2.24, 2.45) is 0 Å². The van der Waals surface area contributed by atoms with E-state index >= 15 is 0 Å². The highest BCUT2D eigenvalue weighted by molar-refractivity contribution is 5.78. The zero-order valence-corrected chi connectivity index (χ0v) is 33.0. The minimum atomic E-state index is -1.08. The molecule has 0 rings (SSSR count). The number of rotatable bonds is 38. The Morgan fingerprint density at radius 1 is 0.471 bits per heavy atom. The number of aliphatic carboxylic acids is 1. The molecule has 3 N–H and O–H groups in total. The van der Waals surface area contributed by atoms with Crippen molar-refractivity contribution in [3.05, 3.63) is 24.3 Å². The molecular formula is C43H78N2O6. The SMILES string of the molecule is CCCCCCCCC=CCCCCCCCC(=O)NCC(CNC(=O)CCCCCCCC=CCCCCCCCC)OC(=O)CCC(=O)O. The van der Waals surface area contributed by atoms with Gasteiger partial charge in [0, 0.05) is 12.8 Å². The highest BCUT2D eigenvalue weighted by atomic mass is 16.5. The van der Waals surface area contributed by atoms with Gasteiger partial charge in [0.25, 0.3) is 0 Å². The molecule has 0 heterocycles. The Morgan fingerprint density at radius 2 is 0.804 bits per heavy atom. The van der Waals surface area contributed by atoms with Crippen LogP contribution in [0, 0.1) is 0 Å². The van der Waals surface area contributed by atoms with E-state index in [9.17, 15) is 19.2 Å². The van der Waals surface area contributed by atoms with Gasteiger partial charge >= 0.3 is 11.9 Å². The Morgan fingerprint density at radius 3 is 1.16 bits per heavy atom. The summed E-state index contributed by atoms with van der Waals surface area (Å²) in [4.78, 5) is 48.0. The number of amides is 2. The molecule has 0 aliphatic rings. The Hall–Kier alpha value is -2.64. The van der Waals surface area contributed by atoms with Crippen molar-refractivity contribution >= 4 is 23.8 Å². The zero-order valence-electron chi connectivity index (χ0n) is 33.0. The van der Waals surface area contributed by atoms with Crippen molar-refractivity contribution in [3.63, 3.8) is 0 Å². The molecule has 0 bridgehead atoms. The maximum Gasteiger partial charge on any atom is 0.306 e. The fraction of sp³-hybridized carbons (Fsp3) is 0.814. The van der Waals surface area contributed by atoms with E-state index in [0.29, 0.717) is 12.8 Å². The molecule has 8 heteroatoms. The van der Waals surface area contributed by atoms with Crippen LogP contribution in [-0.4, -0.2) is 48.1 Å². The van der Waals surface area contributed by atoms with Crippen LogP contribution in [0.1, 0.15) is 206 Å². The van der Waals surface area contributed by atoms with Gasteiger partial charge in [0.05, 0.1) is 25.9 Å². The maximum atomic E-state index is 12.5. The van der Waals surface area contributed by atoms with Crippen LogP contribution in [0.2, 0.25) is 0 Å². The number of nitrogens with one attached hydrogen (secondary N) is 2. The van der Waals surface area contributed by atoms with Gasteiger partial charge in [-0.15, -0.1) is 0 Å². The Kier molecular flexibility index (Phi) is 36.6. The molecule has 0 atom stereocenters. The fourth-order valence-electron chi connectivity index (χ4n) is 5.95. The second kappa shape index (κ2) is 38.6. The van der Waals surface area contributed by atoms with Crippen molar-refractivity contribution < 1.29 is 29.0 Å². The monoisotopic (exact) mass is 719 g/mol. The third-order valence-electron chi connectivity index (χ3n) is 9.23. The Bertz CT molecular complexity index is 847. The van der Waals surface area contributed by atoms with E-state index in [4.69, 9.17) is 9.84 Å². The lowest BCUT2D eigenvalue weighted by Crippen LogP contribution is -2.42. The highest BCUT2D eigenvalue weighted by Gasteiger charge is 2.18. The van der Waals surface area contributed by atoms with E-state index in [-0.39, 0.29) is 37.7 Å². The first-order valence-electron chi connectivity index (χ1n) is 21.1. The predicted octanol–water partition coefficient (Wildman–Crippen LogP) is 11.1. The van der Waals surface area contributed by atoms with Gasteiger partial charge in [-0.3, -0.25) is 19.2 Å². The average Bonchev–Trinajstić information content (AvgIpc) is 3.11. The lowest BCUT2D eigenvalue weighted by atomic mass is 10.1. The molecule has 2 amide bonds. The van der Waals surface area contributed by atoms with Crippen LogP contribution in [0.4, 0.5) is 0 Å². The normalized spacial score (nSPS) is 12.0. The van der Waals surface area contributed by atoms with Gasteiger partial charge in [0.15, 0.2) is 0 Å². The van der Waals surface area contributed by atoms with Gasteiger partial charge in [0.1, 0.15) is 6.10 Å². The number of esters is 1. The number of carboxylic acid groups (broad SMARTS) is 1. The van der Waals surface area contributed by atoms with Crippen molar-refractivity contribution in [2.45, 2.75) is 213 Å². The van der Waals surface area contributed by atoms with Crippen molar-refractivity contribution in [3.8, 4) is 0 Å². The summed E-state index contributed by atoms with van der Waals surface area (Å²) in [6, 6.07) is 0. The Balaban J connectivity index is 4.10. The molecule has 0 saturated carbocycles. The summed E-state index contributed by atoms with van der Waals surface area (Å²) in [5, 5.41) is 14.5. The standard InChI is InChI=1S/C43H78N2O6/c1-3-5-7-9-11-13-15-17-19-21-23-25-27-29-31-33-40(46)44-37-39(51-43(50)36-35-42(48)49)38-45-41(47)34-32-30-28-26-24-22-20-18-16-14-12-10-8-6-4-2/h17-20,39H,3-16,21-38H2,1-2H3,(H,44,46)(H,45,47)(H,48,49). The quantitative estimate of drug-likeness (QED) is 0.0332. The summed E-state index contributed by atoms with van der Waals surface area (Å²) < 4.78 is 5.42. The van der Waals surface area contributed by atoms with Crippen molar-refractivity contribution in [1.29, 1.82) is 0 Å². The molecule has 0 fully saturated rings. The third kappa shape index (κ3) is 38.4. The van der Waals surface area contributed by atoms with Gasteiger partial charge in [0.2, 0.25) is 11.8 Å². The fourth-order valence-corrected chi connectivity index (χ4v) is 5.95. The third-order valence-corrected chi connectivity index (χ3v) is 9.23.